The zero-order valence-corrected chi connectivity index (χ0v) is 12.1. The smallest absolute Gasteiger partial charge is 0.305 e. The fraction of sp³-hybridized carbons (Fsp3) is 0.467. The molecule has 0 aliphatic carbocycles. The Morgan fingerprint density at radius 3 is 2.35 bits per heavy atom. The van der Waals surface area contributed by atoms with Crippen LogP contribution in [-0.4, -0.2) is 43.5 Å². The Kier molecular flexibility index (Phi) is 6.73. The number of anilines is 1. The van der Waals surface area contributed by atoms with Gasteiger partial charge in [-0.05, 0) is 37.7 Å². The van der Waals surface area contributed by atoms with Gasteiger partial charge in [0.2, 0.25) is 0 Å². The largest absolute Gasteiger partial charge is 0.481 e. The van der Waals surface area contributed by atoms with Crippen molar-refractivity contribution in [3.05, 3.63) is 29.8 Å². The molecule has 1 aromatic carbocycles. The second kappa shape index (κ2) is 8.32. The van der Waals surface area contributed by atoms with Crippen LogP contribution >= 0.6 is 0 Å². The maximum Gasteiger partial charge on any atom is 0.305 e. The molecule has 0 bridgehead atoms. The molecule has 0 spiro atoms. The molecule has 110 valence electrons. The number of hydrogen-bond donors (Lipinski definition) is 2. The number of aliphatic carboxylic acids is 1. The van der Waals surface area contributed by atoms with Crippen LogP contribution in [0.25, 0.3) is 0 Å². The van der Waals surface area contributed by atoms with Crippen LogP contribution in [0.5, 0.6) is 0 Å². The number of carboxylic acids is 1. The monoisotopic (exact) mass is 278 g/mol. The number of hydrogen-bond acceptors (Lipinski definition) is 4. The van der Waals surface area contributed by atoms with Gasteiger partial charge in [0.25, 0.3) is 0 Å². The van der Waals surface area contributed by atoms with Crippen molar-refractivity contribution >= 4 is 17.4 Å². The first kappa shape index (κ1) is 16.2. The van der Waals surface area contributed by atoms with Gasteiger partial charge in [-0.15, -0.1) is 0 Å². The van der Waals surface area contributed by atoms with E-state index in [-0.39, 0.29) is 12.2 Å². The van der Waals surface area contributed by atoms with Crippen molar-refractivity contribution in [1.29, 1.82) is 0 Å². The molecule has 0 amide bonds. The van der Waals surface area contributed by atoms with Crippen LogP contribution in [0, 0.1) is 0 Å². The van der Waals surface area contributed by atoms with Crippen LogP contribution in [0.3, 0.4) is 0 Å². The maximum atomic E-state index is 11.7. The van der Waals surface area contributed by atoms with Gasteiger partial charge in [-0.25, -0.2) is 0 Å². The summed E-state index contributed by atoms with van der Waals surface area (Å²) in [4.78, 5) is 24.4. The first-order valence-corrected chi connectivity index (χ1v) is 6.83. The molecule has 0 heterocycles. The molecule has 1 aromatic rings. The lowest BCUT2D eigenvalue weighted by Crippen LogP contribution is -2.27. The predicted octanol–water partition coefficient (Wildman–Crippen LogP) is 1.78. The van der Waals surface area contributed by atoms with Gasteiger partial charge >= 0.3 is 5.97 Å². The van der Waals surface area contributed by atoms with Crippen LogP contribution in [0.1, 0.15) is 30.1 Å². The fourth-order valence-electron chi connectivity index (χ4n) is 1.99. The molecule has 0 atom stereocenters. The Labute approximate surface area is 119 Å². The second-order valence-electron chi connectivity index (χ2n) is 4.63. The molecule has 0 aromatic heterocycles. The van der Waals surface area contributed by atoms with Crippen LogP contribution in [-0.2, 0) is 4.79 Å². The van der Waals surface area contributed by atoms with E-state index in [1.54, 1.807) is 19.2 Å². The normalized spacial score (nSPS) is 10.3. The minimum atomic E-state index is -0.799. The molecule has 0 radical (unpaired) electrons. The van der Waals surface area contributed by atoms with Crippen molar-refractivity contribution in [2.45, 2.75) is 19.8 Å². The first-order valence-electron chi connectivity index (χ1n) is 6.83. The Hall–Kier alpha value is -1.88. The van der Waals surface area contributed by atoms with Gasteiger partial charge in [-0.1, -0.05) is 6.92 Å². The third-order valence-corrected chi connectivity index (χ3v) is 2.98. The van der Waals surface area contributed by atoms with E-state index in [1.807, 2.05) is 17.0 Å². The minimum Gasteiger partial charge on any atom is -0.481 e. The van der Waals surface area contributed by atoms with Crippen LogP contribution < -0.4 is 10.2 Å². The molecular weight excluding hydrogens is 256 g/mol. The maximum absolute atomic E-state index is 11.7. The first-order chi connectivity index (χ1) is 9.58. The summed E-state index contributed by atoms with van der Waals surface area (Å²) in [5.74, 6) is -0.751. The van der Waals surface area contributed by atoms with Gasteiger partial charge in [0.1, 0.15) is 0 Å². The van der Waals surface area contributed by atoms with Gasteiger partial charge in [-0.3, -0.25) is 9.59 Å². The van der Waals surface area contributed by atoms with E-state index < -0.39 is 5.97 Å². The lowest BCUT2D eigenvalue weighted by molar-refractivity contribution is -0.136. The fourth-order valence-corrected chi connectivity index (χ4v) is 1.99. The topological polar surface area (TPSA) is 69.6 Å². The number of Topliss-reactive ketones (excluding diaryl/α,β-unsaturated/α-hetero) is 1. The average Bonchev–Trinajstić information content (AvgIpc) is 2.44. The van der Waals surface area contributed by atoms with Crippen molar-refractivity contribution in [1.82, 2.24) is 5.32 Å². The second-order valence-corrected chi connectivity index (χ2v) is 4.63. The Balaban J connectivity index is 2.76. The lowest BCUT2D eigenvalue weighted by atomic mass is 10.1. The highest BCUT2D eigenvalue weighted by atomic mass is 16.4. The third kappa shape index (κ3) is 5.01. The summed E-state index contributed by atoms with van der Waals surface area (Å²) in [5, 5.41) is 11.6. The molecule has 1 rings (SSSR count). The summed E-state index contributed by atoms with van der Waals surface area (Å²) < 4.78 is 0. The number of ketones is 1. The molecule has 0 unspecified atom stereocenters. The molecular formula is C15H22N2O3. The van der Waals surface area contributed by atoms with Crippen LogP contribution in [0.2, 0.25) is 0 Å². The number of likely N-dealkylation sites (N-methyl/N-ethyl adjacent to an activating group) is 1. The SMILES string of the molecule is CCCN(CCC(=O)O)c1ccc(C(=O)CNC)cc1. The van der Waals surface area contributed by atoms with Crippen LogP contribution in [0.15, 0.2) is 24.3 Å². The molecule has 0 aliphatic rings. The Bertz CT molecular complexity index is 443. The molecule has 5 nitrogen and oxygen atoms in total. The van der Waals surface area contributed by atoms with Gasteiger partial charge in [0.15, 0.2) is 5.78 Å². The van der Waals surface area contributed by atoms with Gasteiger partial charge in [0, 0.05) is 24.3 Å². The van der Waals surface area contributed by atoms with E-state index in [2.05, 4.69) is 12.2 Å². The minimum absolute atomic E-state index is 0.0478. The lowest BCUT2D eigenvalue weighted by Gasteiger charge is -2.23. The van der Waals surface area contributed by atoms with Gasteiger partial charge in [-0.2, -0.15) is 0 Å². The van der Waals surface area contributed by atoms with Gasteiger partial charge < -0.3 is 15.3 Å². The number of nitrogens with one attached hydrogen (secondary N) is 1. The highest BCUT2D eigenvalue weighted by Crippen LogP contribution is 2.16. The molecule has 0 aliphatic heterocycles. The third-order valence-electron chi connectivity index (χ3n) is 2.98. The molecule has 20 heavy (non-hydrogen) atoms. The number of carboxylic acid groups (broad SMARTS) is 1. The van der Waals surface area contributed by atoms with E-state index in [0.29, 0.717) is 18.7 Å². The van der Waals surface area contributed by atoms with Crippen molar-refractivity contribution in [3.8, 4) is 0 Å². The van der Waals surface area contributed by atoms with E-state index in [4.69, 9.17) is 5.11 Å². The highest BCUT2D eigenvalue weighted by molar-refractivity contribution is 5.97. The molecule has 0 saturated heterocycles. The quantitative estimate of drug-likeness (QED) is 0.674. The summed E-state index contributed by atoms with van der Waals surface area (Å²) in [6.45, 7) is 3.65. The summed E-state index contributed by atoms with van der Waals surface area (Å²) in [7, 11) is 1.74. The number of carbonyl (C=O) groups is 2. The average molecular weight is 278 g/mol. The molecule has 5 heteroatoms. The van der Waals surface area contributed by atoms with E-state index in [1.165, 1.54) is 0 Å². The van der Waals surface area contributed by atoms with Crippen LogP contribution in [0.4, 0.5) is 5.69 Å². The van der Waals surface area contributed by atoms with E-state index in [0.717, 1.165) is 18.7 Å². The van der Waals surface area contributed by atoms with Crippen molar-refractivity contribution in [3.63, 3.8) is 0 Å². The number of nitrogens with zero attached hydrogens (tertiary/aromatic N) is 1. The summed E-state index contributed by atoms with van der Waals surface area (Å²) in [5.41, 5.74) is 1.62. The number of carbonyl (C=O) groups excluding carboxylic acids is 1. The predicted molar refractivity (Wildman–Crippen MR) is 79.5 cm³/mol. The summed E-state index contributed by atoms with van der Waals surface area (Å²) in [6, 6.07) is 7.33. The Morgan fingerprint density at radius 1 is 1.20 bits per heavy atom. The molecule has 0 saturated carbocycles. The molecule has 2 N–H and O–H groups in total. The van der Waals surface area contributed by atoms with Gasteiger partial charge in [0.05, 0.1) is 13.0 Å². The summed E-state index contributed by atoms with van der Waals surface area (Å²) in [6.07, 6.45) is 1.06. The zero-order valence-electron chi connectivity index (χ0n) is 12.1. The number of rotatable bonds is 9. The van der Waals surface area contributed by atoms with Crippen molar-refractivity contribution < 1.29 is 14.7 Å². The zero-order chi connectivity index (χ0) is 15.0. The standard InChI is InChI=1S/C15H22N2O3/c1-3-9-17(10-8-15(19)20)13-6-4-12(5-7-13)14(18)11-16-2/h4-7,16H,3,8-11H2,1-2H3,(H,19,20). The van der Waals surface area contributed by atoms with Crippen molar-refractivity contribution in [2.75, 3.05) is 31.6 Å². The summed E-state index contributed by atoms with van der Waals surface area (Å²) >= 11 is 0. The Morgan fingerprint density at radius 2 is 1.85 bits per heavy atom. The number of benzene rings is 1. The highest BCUT2D eigenvalue weighted by Gasteiger charge is 2.09. The van der Waals surface area contributed by atoms with E-state index >= 15 is 0 Å². The molecule has 0 fully saturated rings. The van der Waals surface area contributed by atoms with Crippen molar-refractivity contribution in [2.24, 2.45) is 0 Å². The van der Waals surface area contributed by atoms with E-state index in [9.17, 15) is 9.59 Å².